The van der Waals surface area contributed by atoms with Gasteiger partial charge in [-0.3, -0.25) is 4.79 Å². The number of rotatable bonds is 4. The molecule has 0 saturated carbocycles. The summed E-state index contributed by atoms with van der Waals surface area (Å²) in [5, 5.41) is 9.12. The fourth-order valence-electron chi connectivity index (χ4n) is 2.06. The molecule has 0 aromatic carbocycles. The standard InChI is InChI=1S/C11H12F3N3O4/c12-11(13,14)4-21-3-9(18)17-2-7-6(15-5-16-7)1-8(17)10(19)20/h5,8H,1-4H2,(H,15,16)(H,19,20). The van der Waals surface area contributed by atoms with E-state index in [0.29, 0.717) is 11.4 Å². The number of ether oxygens (including phenoxy) is 1. The highest BCUT2D eigenvalue weighted by Crippen LogP contribution is 2.21. The van der Waals surface area contributed by atoms with Crippen LogP contribution in [0.15, 0.2) is 6.33 Å². The van der Waals surface area contributed by atoms with Crippen molar-refractivity contribution in [1.29, 1.82) is 0 Å². The zero-order valence-electron chi connectivity index (χ0n) is 10.7. The molecule has 116 valence electrons. The van der Waals surface area contributed by atoms with Gasteiger partial charge in [0.2, 0.25) is 5.91 Å². The Labute approximate surface area is 116 Å². The minimum Gasteiger partial charge on any atom is -0.480 e. The van der Waals surface area contributed by atoms with Gasteiger partial charge in [-0.25, -0.2) is 9.78 Å². The molecule has 1 atom stereocenters. The van der Waals surface area contributed by atoms with E-state index in [1.807, 2.05) is 0 Å². The number of H-pyrrole nitrogens is 1. The molecule has 0 fully saturated rings. The van der Waals surface area contributed by atoms with Gasteiger partial charge >= 0.3 is 12.1 Å². The molecule has 0 radical (unpaired) electrons. The van der Waals surface area contributed by atoms with Crippen LogP contribution in [0.3, 0.4) is 0 Å². The molecule has 2 heterocycles. The fraction of sp³-hybridized carbons (Fsp3) is 0.545. The van der Waals surface area contributed by atoms with Gasteiger partial charge in [-0.1, -0.05) is 0 Å². The van der Waals surface area contributed by atoms with Crippen LogP contribution in [0.2, 0.25) is 0 Å². The number of nitrogens with zero attached hydrogens (tertiary/aromatic N) is 2. The van der Waals surface area contributed by atoms with E-state index in [-0.39, 0.29) is 13.0 Å². The van der Waals surface area contributed by atoms with E-state index < -0.39 is 37.3 Å². The number of carboxylic acid groups (broad SMARTS) is 1. The number of amides is 1. The number of fused-ring (bicyclic) bond motifs is 1. The zero-order chi connectivity index (χ0) is 15.6. The van der Waals surface area contributed by atoms with Crippen LogP contribution in [0.4, 0.5) is 13.2 Å². The summed E-state index contributed by atoms with van der Waals surface area (Å²) in [6.45, 7) is -2.44. The number of aliphatic carboxylic acids is 1. The minimum absolute atomic E-state index is 0.000816. The third-order valence-corrected chi connectivity index (χ3v) is 3.00. The number of nitrogens with one attached hydrogen (secondary N) is 1. The maximum absolute atomic E-state index is 12.0. The molecule has 0 spiro atoms. The molecule has 10 heteroatoms. The van der Waals surface area contributed by atoms with Gasteiger partial charge < -0.3 is 19.7 Å². The number of carbonyl (C=O) groups excluding carboxylic acids is 1. The fourth-order valence-corrected chi connectivity index (χ4v) is 2.06. The van der Waals surface area contributed by atoms with Crippen LogP contribution in [-0.2, 0) is 27.3 Å². The Hall–Kier alpha value is -2.10. The average Bonchev–Trinajstić information content (AvgIpc) is 2.82. The van der Waals surface area contributed by atoms with E-state index >= 15 is 0 Å². The van der Waals surface area contributed by atoms with Gasteiger partial charge in [0.1, 0.15) is 19.3 Å². The number of hydrogen-bond acceptors (Lipinski definition) is 4. The molecule has 0 saturated heterocycles. The summed E-state index contributed by atoms with van der Waals surface area (Å²) >= 11 is 0. The van der Waals surface area contributed by atoms with Crippen molar-refractivity contribution in [2.24, 2.45) is 0 Å². The van der Waals surface area contributed by atoms with Crippen molar-refractivity contribution < 1.29 is 32.6 Å². The molecular weight excluding hydrogens is 295 g/mol. The normalized spacial score (nSPS) is 18.4. The maximum Gasteiger partial charge on any atom is 0.411 e. The summed E-state index contributed by atoms with van der Waals surface area (Å²) in [4.78, 5) is 30.7. The minimum atomic E-state index is -4.54. The van der Waals surface area contributed by atoms with Crippen molar-refractivity contribution in [2.75, 3.05) is 13.2 Å². The first-order valence-corrected chi connectivity index (χ1v) is 5.96. The van der Waals surface area contributed by atoms with Gasteiger partial charge in [0.15, 0.2) is 0 Å². The van der Waals surface area contributed by atoms with E-state index in [2.05, 4.69) is 14.7 Å². The van der Waals surface area contributed by atoms with Gasteiger partial charge in [0.25, 0.3) is 0 Å². The van der Waals surface area contributed by atoms with E-state index in [4.69, 9.17) is 5.11 Å². The second kappa shape index (κ2) is 5.72. The highest BCUT2D eigenvalue weighted by Gasteiger charge is 2.36. The lowest BCUT2D eigenvalue weighted by atomic mass is 10.0. The first kappa shape index (κ1) is 15.3. The Balaban J connectivity index is 2.02. The number of aromatic amines is 1. The molecule has 21 heavy (non-hydrogen) atoms. The highest BCUT2D eigenvalue weighted by atomic mass is 19.4. The predicted octanol–water partition coefficient (Wildman–Crippen LogP) is 0.326. The topological polar surface area (TPSA) is 95.5 Å². The lowest BCUT2D eigenvalue weighted by Gasteiger charge is -2.32. The number of imidazole rings is 1. The summed E-state index contributed by atoms with van der Waals surface area (Å²) in [6, 6.07) is -1.16. The number of alkyl halides is 3. The van der Waals surface area contributed by atoms with E-state index in [1.165, 1.54) is 6.33 Å². The van der Waals surface area contributed by atoms with Crippen molar-refractivity contribution in [3.63, 3.8) is 0 Å². The van der Waals surface area contributed by atoms with E-state index in [1.54, 1.807) is 0 Å². The van der Waals surface area contributed by atoms with E-state index in [9.17, 15) is 22.8 Å². The van der Waals surface area contributed by atoms with Crippen molar-refractivity contribution in [3.05, 3.63) is 17.7 Å². The Bertz CT molecular complexity index is 543. The van der Waals surface area contributed by atoms with Crippen LogP contribution >= 0.6 is 0 Å². The summed E-state index contributed by atoms with van der Waals surface area (Å²) in [5.74, 6) is -2.06. The Morgan fingerprint density at radius 1 is 1.52 bits per heavy atom. The van der Waals surface area contributed by atoms with Gasteiger partial charge in [-0.05, 0) is 0 Å². The number of hydrogen-bond donors (Lipinski definition) is 2. The van der Waals surface area contributed by atoms with Crippen LogP contribution in [-0.4, -0.2) is 57.3 Å². The summed E-state index contributed by atoms with van der Waals surface area (Å²) in [6.07, 6.45) is -3.16. The van der Waals surface area contributed by atoms with Crippen molar-refractivity contribution >= 4 is 11.9 Å². The molecular formula is C11H12F3N3O4. The quantitative estimate of drug-likeness (QED) is 0.835. The van der Waals surface area contributed by atoms with Crippen LogP contribution < -0.4 is 0 Å². The molecule has 1 aliphatic heterocycles. The number of carbonyl (C=O) groups is 2. The molecule has 0 aliphatic carbocycles. The van der Waals surface area contributed by atoms with Crippen molar-refractivity contribution in [1.82, 2.24) is 14.9 Å². The Morgan fingerprint density at radius 2 is 2.24 bits per heavy atom. The van der Waals surface area contributed by atoms with Crippen molar-refractivity contribution in [3.8, 4) is 0 Å². The summed E-state index contributed by atoms with van der Waals surface area (Å²) < 4.78 is 40.1. The second-order valence-electron chi connectivity index (χ2n) is 4.52. The molecule has 1 unspecified atom stereocenters. The number of aromatic nitrogens is 2. The number of carboxylic acids is 1. The largest absolute Gasteiger partial charge is 0.480 e. The molecule has 0 bridgehead atoms. The predicted molar refractivity (Wildman–Crippen MR) is 61.1 cm³/mol. The number of halogens is 3. The molecule has 2 rings (SSSR count). The molecule has 1 amide bonds. The first-order valence-electron chi connectivity index (χ1n) is 5.96. The molecule has 1 aromatic heterocycles. The Kier molecular flexibility index (Phi) is 4.16. The van der Waals surface area contributed by atoms with Crippen LogP contribution in [0.1, 0.15) is 11.4 Å². The van der Waals surface area contributed by atoms with Crippen molar-refractivity contribution in [2.45, 2.75) is 25.2 Å². The highest BCUT2D eigenvalue weighted by molar-refractivity contribution is 5.85. The van der Waals surface area contributed by atoms with E-state index in [0.717, 1.165) is 4.90 Å². The monoisotopic (exact) mass is 307 g/mol. The average molecular weight is 307 g/mol. The maximum atomic E-state index is 12.0. The lowest BCUT2D eigenvalue weighted by molar-refractivity contribution is -0.179. The smallest absolute Gasteiger partial charge is 0.411 e. The third kappa shape index (κ3) is 3.72. The Morgan fingerprint density at radius 3 is 2.86 bits per heavy atom. The van der Waals surface area contributed by atoms with Crippen LogP contribution in [0.25, 0.3) is 0 Å². The van der Waals surface area contributed by atoms with Crippen LogP contribution in [0, 0.1) is 0 Å². The lowest BCUT2D eigenvalue weighted by Crippen LogP contribution is -2.50. The third-order valence-electron chi connectivity index (χ3n) is 3.00. The summed E-state index contributed by atoms with van der Waals surface area (Å²) in [7, 11) is 0. The molecule has 1 aliphatic rings. The SMILES string of the molecule is O=C(O)C1Cc2nc[nH]c2CN1C(=O)COCC(F)(F)F. The molecule has 1 aromatic rings. The van der Waals surface area contributed by atoms with Gasteiger partial charge in [0, 0.05) is 6.42 Å². The second-order valence-corrected chi connectivity index (χ2v) is 4.52. The van der Waals surface area contributed by atoms with Gasteiger partial charge in [-0.2, -0.15) is 13.2 Å². The first-order chi connectivity index (χ1) is 9.78. The van der Waals surface area contributed by atoms with Gasteiger partial charge in [0.05, 0.1) is 24.3 Å². The molecule has 7 nitrogen and oxygen atoms in total. The molecule has 2 N–H and O–H groups in total. The van der Waals surface area contributed by atoms with Crippen LogP contribution in [0.5, 0.6) is 0 Å². The zero-order valence-corrected chi connectivity index (χ0v) is 10.7. The van der Waals surface area contributed by atoms with Gasteiger partial charge in [-0.15, -0.1) is 0 Å². The summed E-state index contributed by atoms with van der Waals surface area (Å²) in [5.41, 5.74) is 1.10.